The number of urea groups is 1. The second-order valence-corrected chi connectivity index (χ2v) is 6.62. The summed E-state index contributed by atoms with van der Waals surface area (Å²) in [6, 6.07) is 7.09. The first kappa shape index (κ1) is 16.3. The number of hydrogen-bond acceptors (Lipinski definition) is 3. The lowest BCUT2D eigenvalue weighted by molar-refractivity contribution is 0.0649. The summed E-state index contributed by atoms with van der Waals surface area (Å²) >= 11 is 0. The molecular formula is C17H21F2N5O. The molecule has 0 radical (unpaired) electrons. The maximum Gasteiger partial charge on any atom is 0.320 e. The highest BCUT2D eigenvalue weighted by atomic mass is 19.3. The monoisotopic (exact) mass is 349 g/mol. The van der Waals surface area contributed by atoms with Gasteiger partial charge in [0, 0.05) is 25.7 Å². The number of benzene rings is 1. The highest BCUT2D eigenvalue weighted by Gasteiger charge is 2.32. The number of carbonyl (C=O) groups excluding carboxylic acids is 1. The summed E-state index contributed by atoms with van der Waals surface area (Å²) in [5.74, 6) is 0.378. The number of alkyl halides is 2. The fraction of sp³-hybridized carbons (Fsp3) is 0.529. The van der Waals surface area contributed by atoms with Gasteiger partial charge in [0.25, 0.3) is 0 Å². The quantitative estimate of drug-likeness (QED) is 0.922. The topological polar surface area (TPSA) is 53.4 Å². The number of aromatic nitrogens is 2. The first-order valence-corrected chi connectivity index (χ1v) is 8.64. The normalized spacial score (nSPS) is 22.1. The van der Waals surface area contributed by atoms with Crippen LogP contribution in [0.5, 0.6) is 0 Å². The first-order valence-electron chi connectivity index (χ1n) is 8.64. The number of halogens is 2. The van der Waals surface area contributed by atoms with E-state index in [0.29, 0.717) is 43.0 Å². The van der Waals surface area contributed by atoms with Crippen LogP contribution in [0.4, 0.5) is 13.6 Å². The number of nitrogens with one attached hydrogen (secondary N) is 1. The minimum absolute atomic E-state index is 0.0216. The van der Waals surface area contributed by atoms with E-state index in [9.17, 15) is 13.6 Å². The van der Waals surface area contributed by atoms with Crippen LogP contribution < -0.4 is 5.32 Å². The van der Waals surface area contributed by atoms with Crippen molar-refractivity contribution in [2.75, 3.05) is 26.2 Å². The molecule has 1 aromatic heterocycles. The SMILES string of the molecule is O=C1NCCN1[C@H]1CCCN(Cc2nc3ccccc3n2C(F)F)C1. The molecule has 2 amide bonds. The highest BCUT2D eigenvalue weighted by Crippen LogP contribution is 2.25. The maximum absolute atomic E-state index is 13.6. The summed E-state index contributed by atoms with van der Waals surface area (Å²) in [4.78, 5) is 20.3. The predicted octanol–water partition coefficient (Wildman–Crippen LogP) is 2.42. The van der Waals surface area contributed by atoms with Crippen molar-refractivity contribution in [2.24, 2.45) is 0 Å². The number of nitrogens with zero attached hydrogens (tertiary/aromatic N) is 4. The average Bonchev–Trinajstić information content (AvgIpc) is 3.18. The Labute approximate surface area is 144 Å². The van der Waals surface area contributed by atoms with Gasteiger partial charge >= 0.3 is 12.6 Å². The van der Waals surface area contributed by atoms with Crippen molar-refractivity contribution in [3.8, 4) is 0 Å². The van der Waals surface area contributed by atoms with Gasteiger partial charge in [-0.25, -0.2) is 9.78 Å². The van der Waals surface area contributed by atoms with E-state index < -0.39 is 6.55 Å². The lowest BCUT2D eigenvalue weighted by Gasteiger charge is -2.36. The Morgan fingerprint density at radius 1 is 1.28 bits per heavy atom. The Hall–Kier alpha value is -2.22. The van der Waals surface area contributed by atoms with E-state index in [1.165, 1.54) is 0 Å². The average molecular weight is 349 g/mol. The molecule has 2 aliphatic heterocycles. The number of fused-ring (bicyclic) bond motifs is 1. The number of rotatable bonds is 4. The van der Waals surface area contributed by atoms with Gasteiger partial charge in [-0.3, -0.25) is 9.47 Å². The molecule has 0 bridgehead atoms. The number of piperidine rings is 1. The van der Waals surface area contributed by atoms with E-state index >= 15 is 0 Å². The molecule has 2 aromatic rings. The number of imidazole rings is 1. The molecule has 25 heavy (non-hydrogen) atoms. The molecule has 6 nitrogen and oxygen atoms in total. The molecule has 134 valence electrons. The number of amides is 2. The van der Waals surface area contributed by atoms with Gasteiger partial charge in [-0.05, 0) is 31.5 Å². The Balaban J connectivity index is 1.54. The largest absolute Gasteiger partial charge is 0.336 e. The lowest BCUT2D eigenvalue weighted by atomic mass is 10.0. The van der Waals surface area contributed by atoms with E-state index in [0.717, 1.165) is 24.0 Å². The molecule has 8 heteroatoms. The summed E-state index contributed by atoms with van der Waals surface area (Å²) in [6.07, 6.45) is 1.90. The van der Waals surface area contributed by atoms with Crippen LogP contribution in [0.1, 0.15) is 25.2 Å². The van der Waals surface area contributed by atoms with Gasteiger partial charge in [0.1, 0.15) is 5.82 Å². The smallest absolute Gasteiger partial charge is 0.320 e. The van der Waals surface area contributed by atoms with Crippen LogP contribution in [-0.2, 0) is 6.54 Å². The van der Waals surface area contributed by atoms with Crippen molar-refractivity contribution >= 4 is 17.1 Å². The van der Waals surface area contributed by atoms with Crippen molar-refractivity contribution in [3.63, 3.8) is 0 Å². The number of likely N-dealkylation sites (tertiary alicyclic amines) is 1. The molecule has 1 atom stereocenters. The lowest BCUT2D eigenvalue weighted by Crippen LogP contribution is -2.48. The number of para-hydroxylation sites is 2. The minimum atomic E-state index is -2.62. The predicted molar refractivity (Wildman–Crippen MR) is 89.4 cm³/mol. The van der Waals surface area contributed by atoms with E-state index in [1.54, 1.807) is 24.3 Å². The van der Waals surface area contributed by atoms with Crippen LogP contribution in [0.15, 0.2) is 24.3 Å². The number of hydrogen-bond donors (Lipinski definition) is 1. The summed E-state index contributed by atoms with van der Waals surface area (Å²) in [7, 11) is 0. The molecule has 0 spiro atoms. The number of carbonyl (C=O) groups is 1. The van der Waals surface area contributed by atoms with Crippen molar-refractivity contribution in [1.29, 1.82) is 0 Å². The van der Waals surface area contributed by atoms with Crippen LogP contribution in [0.25, 0.3) is 11.0 Å². The molecular weight excluding hydrogens is 328 g/mol. The third-order valence-corrected chi connectivity index (χ3v) is 5.04. The summed E-state index contributed by atoms with van der Waals surface area (Å²) in [5, 5.41) is 2.83. The van der Waals surface area contributed by atoms with Crippen LogP contribution >= 0.6 is 0 Å². The molecule has 1 N–H and O–H groups in total. The highest BCUT2D eigenvalue weighted by molar-refractivity contribution is 5.76. The summed E-state index contributed by atoms with van der Waals surface area (Å²) in [5.41, 5.74) is 1.05. The minimum Gasteiger partial charge on any atom is -0.336 e. The zero-order valence-electron chi connectivity index (χ0n) is 13.9. The van der Waals surface area contributed by atoms with E-state index in [2.05, 4.69) is 15.2 Å². The van der Waals surface area contributed by atoms with Crippen LogP contribution in [0, 0.1) is 0 Å². The molecule has 3 heterocycles. The van der Waals surface area contributed by atoms with Crippen molar-refractivity contribution in [1.82, 2.24) is 24.7 Å². The zero-order valence-corrected chi connectivity index (χ0v) is 13.9. The summed E-state index contributed by atoms with van der Waals surface area (Å²) < 4.78 is 28.1. The third kappa shape index (κ3) is 3.06. The van der Waals surface area contributed by atoms with E-state index in [4.69, 9.17) is 0 Å². The fourth-order valence-corrected chi connectivity index (χ4v) is 3.89. The Morgan fingerprint density at radius 3 is 2.88 bits per heavy atom. The summed E-state index contributed by atoms with van der Waals surface area (Å²) in [6.45, 7) is 0.666. The van der Waals surface area contributed by atoms with Gasteiger partial charge in [-0.2, -0.15) is 8.78 Å². The van der Waals surface area contributed by atoms with Crippen molar-refractivity contribution < 1.29 is 13.6 Å². The van der Waals surface area contributed by atoms with Gasteiger partial charge in [0.05, 0.1) is 17.6 Å². The molecule has 2 saturated heterocycles. The second kappa shape index (κ2) is 6.59. The van der Waals surface area contributed by atoms with Gasteiger partial charge in [0.2, 0.25) is 0 Å². The Bertz CT molecular complexity index is 777. The van der Waals surface area contributed by atoms with E-state index in [-0.39, 0.29) is 12.1 Å². The zero-order chi connectivity index (χ0) is 17.4. The molecule has 0 aliphatic carbocycles. The molecule has 2 fully saturated rings. The molecule has 4 rings (SSSR count). The van der Waals surface area contributed by atoms with E-state index in [1.807, 2.05) is 4.90 Å². The van der Waals surface area contributed by atoms with Crippen molar-refractivity contribution in [3.05, 3.63) is 30.1 Å². The standard InChI is InChI=1S/C17H21F2N5O/c18-16(19)24-14-6-2-1-5-13(14)21-15(24)11-22-8-3-4-12(10-22)23-9-7-20-17(23)25/h1-2,5-6,12,16H,3-4,7-11H2,(H,20,25)/t12-/m0/s1. The first-order chi connectivity index (χ1) is 12.1. The van der Waals surface area contributed by atoms with Crippen molar-refractivity contribution in [2.45, 2.75) is 32.0 Å². The fourth-order valence-electron chi connectivity index (χ4n) is 3.89. The van der Waals surface area contributed by atoms with Gasteiger partial charge in [0.15, 0.2) is 0 Å². The van der Waals surface area contributed by atoms with Gasteiger partial charge in [-0.15, -0.1) is 0 Å². The third-order valence-electron chi connectivity index (χ3n) is 5.04. The molecule has 1 aromatic carbocycles. The molecule has 0 saturated carbocycles. The van der Waals surface area contributed by atoms with Gasteiger partial charge in [-0.1, -0.05) is 12.1 Å². The Kier molecular flexibility index (Phi) is 4.29. The maximum atomic E-state index is 13.6. The van der Waals surface area contributed by atoms with Crippen LogP contribution in [-0.4, -0.2) is 57.6 Å². The Morgan fingerprint density at radius 2 is 2.12 bits per heavy atom. The van der Waals surface area contributed by atoms with Gasteiger partial charge < -0.3 is 10.2 Å². The second-order valence-electron chi connectivity index (χ2n) is 6.62. The molecule has 2 aliphatic rings. The van der Waals surface area contributed by atoms with Crippen LogP contribution in [0.3, 0.4) is 0 Å². The van der Waals surface area contributed by atoms with Crippen LogP contribution in [0.2, 0.25) is 0 Å². The molecule has 0 unspecified atom stereocenters.